The van der Waals surface area contributed by atoms with Gasteiger partial charge in [-0.05, 0) is 53.6 Å². The van der Waals surface area contributed by atoms with E-state index in [-0.39, 0.29) is 25.6 Å². The first kappa shape index (κ1) is 27.5. The molecule has 1 atom stereocenters. The van der Waals surface area contributed by atoms with Crippen LogP contribution in [0.2, 0.25) is 0 Å². The van der Waals surface area contributed by atoms with Gasteiger partial charge in [0.1, 0.15) is 18.5 Å². The van der Waals surface area contributed by atoms with E-state index in [0.29, 0.717) is 24.0 Å². The Morgan fingerprint density at radius 2 is 1.53 bits per heavy atom. The highest BCUT2D eigenvalue weighted by molar-refractivity contribution is 7.99. The molecule has 0 heterocycles. The third kappa shape index (κ3) is 10.0. The molecule has 0 amide bonds. The van der Waals surface area contributed by atoms with Gasteiger partial charge in [0.05, 0.1) is 6.61 Å². The fraction of sp³-hybridized carbons (Fsp3) is 0.429. The zero-order valence-corrected chi connectivity index (χ0v) is 21.4. The van der Waals surface area contributed by atoms with E-state index in [0.717, 1.165) is 16.7 Å². The van der Waals surface area contributed by atoms with Crippen LogP contribution in [0.15, 0.2) is 66.1 Å². The largest absolute Gasteiger partial charge is 0.490 e. The maximum absolute atomic E-state index is 12.4. The first-order chi connectivity index (χ1) is 16.3. The highest BCUT2D eigenvalue weighted by atomic mass is 32.2. The van der Waals surface area contributed by atoms with Gasteiger partial charge >= 0.3 is 11.9 Å². The number of benzene rings is 2. The van der Waals surface area contributed by atoms with Crippen molar-refractivity contribution in [2.75, 3.05) is 19.0 Å². The minimum Gasteiger partial charge on any atom is -0.490 e. The van der Waals surface area contributed by atoms with Crippen LogP contribution in [0, 0.1) is 0 Å². The van der Waals surface area contributed by atoms with Crippen LogP contribution in [0.1, 0.15) is 63.5 Å². The van der Waals surface area contributed by atoms with Gasteiger partial charge in [0.15, 0.2) is 0 Å². The molecule has 0 saturated carbocycles. The summed E-state index contributed by atoms with van der Waals surface area (Å²) in [5, 5.41) is 0. The van der Waals surface area contributed by atoms with Crippen LogP contribution < -0.4 is 4.74 Å². The van der Waals surface area contributed by atoms with E-state index in [4.69, 9.17) is 14.2 Å². The lowest BCUT2D eigenvalue weighted by Crippen LogP contribution is -2.27. The number of hydrogen-bond acceptors (Lipinski definition) is 6. The molecule has 0 saturated heterocycles. The van der Waals surface area contributed by atoms with Gasteiger partial charge in [0.25, 0.3) is 0 Å². The van der Waals surface area contributed by atoms with Crippen LogP contribution in [-0.2, 0) is 19.1 Å². The lowest BCUT2D eigenvalue weighted by Gasteiger charge is -2.19. The minimum atomic E-state index is -0.497. The molecule has 0 fully saturated rings. The number of rotatable bonds is 14. The molecular formula is C28H36O5S. The summed E-state index contributed by atoms with van der Waals surface area (Å²) in [7, 11) is 0. The average Bonchev–Trinajstić information content (AvgIpc) is 2.83. The first-order valence-corrected chi connectivity index (χ1v) is 12.7. The molecule has 0 bridgehead atoms. The summed E-state index contributed by atoms with van der Waals surface area (Å²) in [5.41, 5.74) is 2.53. The van der Waals surface area contributed by atoms with Gasteiger partial charge in [-0.15, -0.1) is 11.8 Å². The zero-order valence-electron chi connectivity index (χ0n) is 20.6. The van der Waals surface area contributed by atoms with Crippen LogP contribution in [0.25, 0.3) is 0 Å². The Kier molecular flexibility index (Phi) is 11.7. The van der Waals surface area contributed by atoms with Crippen LogP contribution in [0.3, 0.4) is 0 Å². The number of ether oxygens (including phenoxy) is 3. The maximum atomic E-state index is 12.4. The van der Waals surface area contributed by atoms with E-state index < -0.39 is 12.1 Å². The van der Waals surface area contributed by atoms with Crippen molar-refractivity contribution in [1.29, 1.82) is 0 Å². The van der Waals surface area contributed by atoms with Crippen molar-refractivity contribution in [3.63, 3.8) is 0 Å². The number of thioether (sulfide) groups is 1. The molecule has 0 radical (unpaired) electrons. The van der Waals surface area contributed by atoms with Crippen molar-refractivity contribution in [3.8, 4) is 5.75 Å². The highest BCUT2D eigenvalue weighted by Gasteiger charge is 2.17. The molecule has 1 unspecified atom stereocenters. The molecule has 6 heteroatoms. The van der Waals surface area contributed by atoms with Crippen LogP contribution in [0.4, 0.5) is 0 Å². The molecule has 2 aromatic rings. The number of carbonyl (C=O) groups excluding carboxylic acids is 2. The molecule has 0 aliphatic carbocycles. The second kappa shape index (κ2) is 14.5. The van der Waals surface area contributed by atoms with Crippen LogP contribution in [-0.4, -0.2) is 37.0 Å². The van der Waals surface area contributed by atoms with Crippen molar-refractivity contribution >= 4 is 23.7 Å². The zero-order chi connectivity index (χ0) is 24.9. The van der Waals surface area contributed by atoms with Crippen molar-refractivity contribution in [1.82, 2.24) is 0 Å². The Balaban J connectivity index is 1.93. The summed E-state index contributed by atoms with van der Waals surface area (Å²) >= 11 is 1.63. The second-order valence-electron chi connectivity index (χ2n) is 8.66. The Labute approximate surface area is 207 Å². The van der Waals surface area contributed by atoms with Gasteiger partial charge in [0.2, 0.25) is 0 Å². The van der Waals surface area contributed by atoms with Gasteiger partial charge < -0.3 is 14.2 Å². The van der Waals surface area contributed by atoms with E-state index in [2.05, 4.69) is 70.7 Å². The molecule has 2 rings (SSSR count). The Morgan fingerprint density at radius 1 is 0.941 bits per heavy atom. The smallest absolute Gasteiger partial charge is 0.330 e. The summed E-state index contributed by atoms with van der Waals surface area (Å²) < 4.78 is 16.6. The predicted molar refractivity (Wildman–Crippen MR) is 138 cm³/mol. The predicted octanol–water partition coefficient (Wildman–Crippen LogP) is 6.53. The third-order valence-electron chi connectivity index (χ3n) is 5.20. The van der Waals surface area contributed by atoms with Crippen molar-refractivity contribution in [3.05, 3.63) is 72.3 Å². The molecule has 0 aromatic heterocycles. The normalized spacial score (nSPS) is 11.8. The Hall–Kier alpha value is -2.73. The SMILES string of the molecule is C=CC(=O)OCCCC(=O)OC(COc1ccc(C(C)C)cc1)CSc1ccc(C(C)C)cc1. The van der Waals surface area contributed by atoms with Crippen molar-refractivity contribution < 1.29 is 23.8 Å². The van der Waals surface area contributed by atoms with Crippen LogP contribution in [0.5, 0.6) is 5.75 Å². The monoisotopic (exact) mass is 484 g/mol. The quantitative estimate of drug-likeness (QED) is 0.132. The van der Waals surface area contributed by atoms with Gasteiger partial charge in [-0.1, -0.05) is 58.5 Å². The van der Waals surface area contributed by atoms with Crippen LogP contribution >= 0.6 is 11.8 Å². The summed E-state index contributed by atoms with van der Waals surface area (Å²) in [6, 6.07) is 16.4. The average molecular weight is 485 g/mol. The number of hydrogen-bond donors (Lipinski definition) is 0. The van der Waals surface area contributed by atoms with E-state index in [1.165, 1.54) is 11.1 Å². The molecule has 34 heavy (non-hydrogen) atoms. The number of carbonyl (C=O) groups is 2. The minimum absolute atomic E-state index is 0.153. The fourth-order valence-corrected chi connectivity index (χ4v) is 3.96. The molecule has 184 valence electrons. The van der Waals surface area contributed by atoms with E-state index in [1.54, 1.807) is 11.8 Å². The molecule has 0 aliphatic rings. The van der Waals surface area contributed by atoms with Gasteiger partial charge in [-0.25, -0.2) is 4.79 Å². The Morgan fingerprint density at radius 3 is 2.09 bits per heavy atom. The van der Waals surface area contributed by atoms with E-state index >= 15 is 0 Å². The number of esters is 2. The topological polar surface area (TPSA) is 61.8 Å². The summed E-state index contributed by atoms with van der Waals surface area (Å²) in [6.45, 7) is 12.4. The molecule has 0 N–H and O–H groups in total. The van der Waals surface area contributed by atoms with E-state index in [9.17, 15) is 9.59 Å². The van der Waals surface area contributed by atoms with Gasteiger partial charge in [-0.2, -0.15) is 0 Å². The standard InChI is InChI=1S/C28H36O5S/c1-6-27(29)31-17-7-8-28(30)33-25(18-32-24-13-9-22(10-14-24)20(2)3)19-34-26-15-11-23(12-16-26)21(4)5/h6,9-16,20-21,25H,1,7-8,17-19H2,2-5H3. The fourth-order valence-electron chi connectivity index (χ4n) is 3.09. The first-order valence-electron chi connectivity index (χ1n) is 11.7. The lowest BCUT2D eigenvalue weighted by atomic mass is 10.0. The molecule has 0 aliphatic heterocycles. The maximum Gasteiger partial charge on any atom is 0.330 e. The molecule has 2 aromatic carbocycles. The Bertz CT molecular complexity index is 848. The van der Waals surface area contributed by atoms with Gasteiger partial charge in [0, 0.05) is 23.1 Å². The van der Waals surface area contributed by atoms with Crippen molar-refractivity contribution in [2.45, 2.75) is 63.4 Å². The van der Waals surface area contributed by atoms with E-state index in [1.807, 2.05) is 12.1 Å². The second-order valence-corrected chi connectivity index (χ2v) is 9.75. The third-order valence-corrected chi connectivity index (χ3v) is 6.34. The summed E-state index contributed by atoms with van der Waals surface area (Å²) in [5.74, 6) is 1.41. The summed E-state index contributed by atoms with van der Waals surface area (Å²) in [4.78, 5) is 24.6. The van der Waals surface area contributed by atoms with Crippen molar-refractivity contribution in [2.24, 2.45) is 0 Å². The molecular weight excluding hydrogens is 448 g/mol. The lowest BCUT2D eigenvalue weighted by molar-refractivity contribution is -0.150. The summed E-state index contributed by atoms with van der Waals surface area (Å²) in [6.07, 6.45) is 1.25. The molecule has 5 nitrogen and oxygen atoms in total. The molecule has 0 spiro atoms. The van der Waals surface area contributed by atoms with Gasteiger partial charge in [-0.3, -0.25) is 4.79 Å². The highest BCUT2D eigenvalue weighted by Crippen LogP contribution is 2.24.